The molecule has 1 heterocycles. The van der Waals surface area contributed by atoms with Crippen molar-refractivity contribution >= 4 is 17.0 Å². The average molecular weight is 306 g/mol. The summed E-state index contributed by atoms with van der Waals surface area (Å²) in [4.78, 5) is 10.4. The molecule has 2 rings (SSSR count). The van der Waals surface area contributed by atoms with Crippen molar-refractivity contribution in [2.45, 2.75) is 32.7 Å². The molecule has 2 aromatic rings. The molecule has 21 heavy (non-hydrogen) atoms. The Bertz CT molecular complexity index is 613. The van der Waals surface area contributed by atoms with Crippen LogP contribution < -0.4 is 5.32 Å². The van der Waals surface area contributed by atoms with Crippen LogP contribution in [0.4, 0.5) is 5.69 Å². The van der Waals surface area contributed by atoms with E-state index in [9.17, 15) is 10.1 Å². The number of rotatable bonds is 7. The number of nitro benzene ring substituents is 1. The number of benzene rings is 1. The van der Waals surface area contributed by atoms with Gasteiger partial charge in [-0.25, -0.2) is 0 Å². The van der Waals surface area contributed by atoms with Crippen molar-refractivity contribution in [1.82, 2.24) is 15.5 Å². The summed E-state index contributed by atoms with van der Waals surface area (Å²) < 4.78 is 0. The van der Waals surface area contributed by atoms with Crippen LogP contribution in [0.25, 0.3) is 10.6 Å². The van der Waals surface area contributed by atoms with Gasteiger partial charge in [0.05, 0.1) is 4.92 Å². The molecule has 0 spiro atoms. The van der Waals surface area contributed by atoms with Crippen molar-refractivity contribution in [3.63, 3.8) is 0 Å². The van der Waals surface area contributed by atoms with Crippen LogP contribution in [0.15, 0.2) is 24.3 Å². The zero-order chi connectivity index (χ0) is 15.2. The highest BCUT2D eigenvalue weighted by Crippen LogP contribution is 2.26. The molecule has 0 aliphatic heterocycles. The van der Waals surface area contributed by atoms with Crippen molar-refractivity contribution in [2.24, 2.45) is 0 Å². The monoisotopic (exact) mass is 306 g/mol. The maximum Gasteiger partial charge on any atom is 0.270 e. The van der Waals surface area contributed by atoms with E-state index in [0.717, 1.165) is 35.0 Å². The van der Waals surface area contributed by atoms with Crippen LogP contribution in [-0.4, -0.2) is 27.7 Å². The highest BCUT2D eigenvalue weighted by atomic mass is 32.1. The lowest BCUT2D eigenvalue weighted by Crippen LogP contribution is -2.23. The van der Waals surface area contributed by atoms with Gasteiger partial charge in [-0.1, -0.05) is 37.3 Å². The lowest BCUT2D eigenvalue weighted by molar-refractivity contribution is -0.384. The van der Waals surface area contributed by atoms with E-state index in [0.29, 0.717) is 6.04 Å². The molecule has 6 nitrogen and oxygen atoms in total. The van der Waals surface area contributed by atoms with E-state index >= 15 is 0 Å². The van der Waals surface area contributed by atoms with Crippen molar-refractivity contribution in [1.29, 1.82) is 0 Å². The Morgan fingerprint density at radius 3 is 2.90 bits per heavy atom. The van der Waals surface area contributed by atoms with Gasteiger partial charge in [0, 0.05) is 30.2 Å². The van der Waals surface area contributed by atoms with Crippen molar-refractivity contribution in [3.8, 4) is 10.6 Å². The number of hydrogen-bond acceptors (Lipinski definition) is 6. The van der Waals surface area contributed by atoms with Crippen LogP contribution in [0.3, 0.4) is 0 Å². The molecular weight excluding hydrogens is 288 g/mol. The molecule has 0 fully saturated rings. The predicted octanol–water partition coefficient (Wildman–Crippen LogP) is 3.04. The quantitative estimate of drug-likeness (QED) is 0.483. The zero-order valence-electron chi connectivity index (χ0n) is 12.1. The first kappa shape index (κ1) is 15.5. The molecule has 7 heteroatoms. The first-order chi connectivity index (χ1) is 10.1. The molecule has 0 aliphatic rings. The Morgan fingerprint density at radius 1 is 1.38 bits per heavy atom. The molecule has 0 unspecified atom stereocenters. The molecular formula is C14H18N4O2S. The Balaban J connectivity index is 1.99. The molecule has 1 aromatic carbocycles. The summed E-state index contributed by atoms with van der Waals surface area (Å²) >= 11 is 1.49. The van der Waals surface area contributed by atoms with Crippen molar-refractivity contribution in [3.05, 3.63) is 39.4 Å². The fourth-order valence-corrected chi connectivity index (χ4v) is 2.73. The van der Waals surface area contributed by atoms with Gasteiger partial charge in [0.1, 0.15) is 10.0 Å². The van der Waals surface area contributed by atoms with Crippen LogP contribution in [0.5, 0.6) is 0 Å². The van der Waals surface area contributed by atoms with E-state index in [2.05, 4.69) is 29.4 Å². The Kier molecular flexibility index (Phi) is 5.35. The van der Waals surface area contributed by atoms with Gasteiger partial charge in [0.25, 0.3) is 5.69 Å². The molecule has 1 aromatic heterocycles. The summed E-state index contributed by atoms with van der Waals surface area (Å²) in [5.74, 6) is 0. The van der Waals surface area contributed by atoms with E-state index in [-0.39, 0.29) is 5.69 Å². The lowest BCUT2D eigenvalue weighted by atomic mass is 10.2. The number of nitrogens with one attached hydrogen (secondary N) is 1. The van der Waals surface area contributed by atoms with Gasteiger partial charge in [-0.2, -0.15) is 0 Å². The summed E-state index contributed by atoms with van der Waals surface area (Å²) in [5, 5.41) is 24.1. The van der Waals surface area contributed by atoms with E-state index in [1.807, 2.05) is 6.07 Å². The van der Waals surface area contributed by atoms with Crippen LogP contribution in [0.2, 0.25) is 0 Å². The number of non-ortho nitro benzene ring substituents is 1. The third-order valence-corrected chi connectivity index (χ3v) is 3.92. The second kappa shape index (κ2) is 7.24. The maximum absolute atomic E-state index is 10.8. The third-order valence-electron chi connectivity index (χ3n) is 2.89. The maximum atomic E-state index is 10.8. The number of nitro groups is 1. The normalized spacial score (nSPS) is 11.0. The summed E-state index contributed by atoms with van der Waals surface area (Å²) in [6.07, 6.45) is 1.87. The summed E-state index contributed by atoms with van der Waals surface area (Å²) in [6.45, 7) is 5.18. The smallest absolute Gasteiger partial charge is 0.270 e. The van der Waals surface area contributed by atoms with Gasteiger partial charge in [-0.15, -0.1) is 10.2 Å². The van der Waals surface area contributed by atoms with Crippen molar-refractivity contribution < 1.29 is 4.92 Å². The average Bonchev–Trinajstić information content (AvgIpc) is 2.92. The van der Waals surface area contributed by atoms with Crippen molar-refractivity contribution in [2.75, 3.05) is 6.54 Å². The van der Waals surface area contributed by atoms with Gasteiger partial charge in [0.15, 0.2) is 0 Å². The van der Waals surface area contributed by atoms with Crippen LogP contribution in [-0.2, 0) is 6.42 Å². The molecule has 0 saturated carbocycles. The summed E-state index contributed by atoms with van der Waals surface area (Å²) in [7, 11) is 0. The minimum absolute atomic E-state index is 0.0744. The van der Waals surface area contributed by atoms with E-state index in [1.54, 1.807) is 6.07 Å². The summed E-state index contributed by atoms with van der Waals surface area (Å²) in [6, 6.07) is 6.98. The third kappa shape index (κ3) is 4.57. The molecule has 0 radical (unpaired) electrons. The second-order valence-corrected chi connectivity index (χ2v) is 6.08. The number of nitrogens with zero attached hydrogens (tertiary/aromatic N) is 3. The Morgan fingerprint density at radius 2 is 2.19 bits per heavy atom. The zero-order valence-corrected chi connectivity index (χ0v) is 12.9. The van der Waals surface area contributed by atoms with E-state index in [4.69, 9.17) is 0 Å². The lowest BCUT2D eigenvalue weighted by Gasteiger charge is -2.05. The molecule has 1 N–H and O–H groups in total. The molecule has 0 amide bonds. The van der Waals surface area contributed by atoms with Gasteiger partial charge < -0.3 is 5.32 Å². The highest BCUT2D eigenvalue weighted by Gasteiger charge is 2.11. The largest absolute Gasteiger partial charge is 0.315 e. The highest BCUT2D eigenvalue weighted by molar-refractivity contribution is 7.14. The van der Waals surface area contributed by atoms with Crippen LogP contribution in [0.1, 0.15) is 25.3 Å². The number of aromatic nitrogens is 2. The number of hydrogen-bond donors (Lipinski definition) is 1. The molecule has 112 valence electrons. The van der Waals surface area contributed by atoms with Crippen LogP contribution >= 0.6 is 11.3 Å². The number of aryl methyl sites for hydroxylation is 1. The fourth-order valence-electron chi connectivity index (χ4n) is 1.85. The van der Waals surface area contributed by atoms with Gasteiger partial charge >= 0.3 is 0 Å². The Hall–Kier alpha value is -1.86. The minimum Gasteiger partial charge on any atom is -0.315 e. The summed E-state index contributed by atoms with van der Waals surface area (Å²) in [5.41, 5.74) is 0.818. The van der Waals surface area contributed by atoms with Gasteiger partial charge in [0.2, 0.25) is 0 Å². The van der Waals surface area contributed by atoms with Crippen LogP contribution in [0, 0.1) is 10.1 Å². The van der Waals surface area contributed by atoms with E-state index in [1.165, 1.54) is 23.5 Å². The molecule has 0 bridgehead atoms. The Labute approximate surface area is 127 Å². The minimum atomic E-state index is -0.400. The van der Waals surface area contributed by atoms with Gasteiger partial charge in [-0.3, -0.25) is 10.1 Å². The first-order valence-corrected chi connectivity index (χ1v) is 7.68. The van der Waals surface area contributed by atoms with Gasteiger partial charge in [-0.05, 0) is 13.0 Å². The molecule has 0 aliphatic carbocycles. The SMILES string of the molecule is CC(C)NCCCc1nnc(-c2cccc([N+](=O)[O-])c2)s1. The fraction of sp³-hybridized carbons (Fsp3) is 0.429. The molecule has 0 saturated heterocycles. The predicted molar refractivity (Wildman–Crippen MR) is 83.5 cm³/mol. The van der Waals surface area contributed by atoms with E-state index < -0.39 is 4.92 Å². The standard InChI is InChI=1S/C14H18N4O2S/c1-10(2)15-8-4-7-13-16-17-14(21-13)11-5-3-6-12(9-11)18(19)20/h3,5-6,9-10,15H,4,7-8H2,1-2H3. The second-order valence-electron chi connectivity index (χ2n) is 5.02. The molecule has 0 atom stereocenters. The first-order valence-electron chi connectivity index (χ1n) is 6.87. The topological polar surface area (TPSA) is 81.0 Å².